The number of ether oxygens (including phenoxy) is 1. The molecule has 2 aromatic carbocycles. The molecule has 0 spiro atoms. The first kappa shape index (κ1) is 30.9. The van der Waals surface area contributed by atoms with Crippen LogP contribution in [0.2, 0.25) is 0 Å². The Labute approximate surface area is 229 Å². The highest BCUT2D eigenvalue weighted by molar-refractivity contribution is 7.98. The van der Waals surface area contributed by atoms with Crippen LogP contribution in [-0.4, -0.2) is 64.7 Å². The summed E-state index contributed by atoms with van der Waals surface area (Å²) in [5.41, 5.74) is 2.06. The Morgan fingerprint density at radius 1 is 1.16 bits per heavy atom. The van der Waals surface area contributed by atoms with Crippen LogP contribution in [0.15, 0.2) is 55.1 Å². The average molecular weight is 542 g/mol. The van der Waals surface area contributed by atoms with Gasteiger partial charge in [0.1, 0.15) is 17.7 Å². The van der Waals surface area contributed by atoms with Crippen molar-refractivity contribution in [3.05, 3.63) is 71.8 Å². The fourth-order valence-corrected chi connectivity index (χ4v) is 4.33. The van der Waals surface area contributed by atoms with Gasteiger partial charge in [-0.3, -0.25) is 9.59 Å². The van der Waals surface area contributed by atoms with Crippen molar-refractivity contribution < 1.29 is 24.2 Å². The predicted octanol–water partition coefficient (Wildman–Crippen LogP) is 4.79. The fraction of sp³-hybridized carbons (Fsp3) is 0.414. The molecule has 2 rings (SSSR count). The number of carbonyl (C=O) groups is 3. The molecule has 0 aromatic heterocycles. The van der Waals surface area contributed by atoms with Crippen molar-refractivity contribution in [2.24, 2.45) is 0 Å². The molecular formula is C29H39N3O5S. The van der Waals surface area contributed by atoms with E-state index in [-0.39, 0.29) is 13.2 Å². The Morgan fingerprint density at radius 2 is 1.87 bits per heavy atom. The zero-order chi connectivity index (χ0) is 28.3. The average Bonchev–Trinajstić information content (AvgIpc) is 2.86. The summed E-state index contributed by atoms with van der Waals surface area (Å²) >= 11 is 1.53. The second kappa shape index (κ2) is 14.6. The number of nitrogens with zero attached hydrogens (tertiary/aromatic N) is 1. The van der Waals surface area contributed by atoms with Crippen LogP contribution in [0, 0.1) is 6.92 Å². The van der Waals surface area contributed by atoms with Crippen molar-refractivity contribution in [3.8, 4) is 0 Å². The molecule has 9 heteroatoms. The van der Waals surface area contributed by atoms with Crippen LogP contribution in [0.3, 0.4) is 0 Å². The maximum absolute atomic E-state index is 14.0. The SMILES string of the molecule is C=Cc1cccc(C(C(=O)Nc2ccccc2C)N(CCO)C(=O)C(CCSC)NC(=O)OC(C)(C)C)c1. The summed E-state index contributed by atoms with van der Waals surface area (Å²) in [5.74, 6) is -0.346. The summed E-state index contributed by atoms with van der Waals surface area (Å²) in [6.07, 6.45) is 3.15. The van der Waals surface area contributed by atoms with Gasteiger partial charge in [0.05, 0.1) is 6.61 Å². The standard InChI is InChI=1S/C29H39N3O5S/c1-7-21-12-10-13-22(19-21)25(26(34)30-23-14-9-8-11-20(23)2)32(16-17-33)27(35)24(15-18-38-6)31-28(36)37-29(3,4)5/h7-14,19,24-25,33H,1,15-18H2,2-6H3,(H,30,34)(H,31,36). The summed E-state index contributed by atoms with van der Waals surface area (Å²) in [7, 11) is 0. The van der Waals surface area contributed by atoms with Gasteiger partial charge in [-0.1, -0.05) is 49.1 Å². The number of anilines is 1. The Balaban J connectivity index is 2.52. The lowest BCUT2D eigenvalue weighted by atomic mass is 9.99. The molecule has 0 saturated heterocycles. The first-order valence-corrected chi connectivity index (χ1v) is 13.9. The lowest BCUT2D eigenvalue weighted by Gasteiger charge is -2.34. The van der Waals surface area contributed by atoms with Gasteiger partial charge < -0.3 is 25.4 Å². The monoisotopic (exact) mass is 541 g/mol. The lowest BCUT2D eigenvalue weighted by molar-refractivity contribution is -0.141. The number of aliphatic hydroxyl groups excluding tert-OH is 1. The van der Waals surface area contributed by atoms with Crippen molar-refractivity contribution in [3.63, 3.8) is 0 Å². The summed E-state index contributed by atoms with van der Waals surface area (Å²) in [5, 5.41) is 15.5. The molecule has 3 N–H and O–H groups in total. The van der Waals surface area contributed by atoms with E-state index >= 15 is 0 Å². The molecule has 0 aliphatic heterocycles. The zero-order valence-electron chi connectivity index (χ0n) is 22.8. The Hall–Kier alpha value is -3.30. The summed E-state index contributed by atoms with van der Waals surface area (Å²) < 4.78 is 5.39. The van der Waals surface area contributed by atoms with E-state index in [2.05, 4.69) is 17.2 Å². The van der Waals surface area contributed by atoms with Gasteiger partial charge in [-0.25, -0.2) is 4.79 Å². The number of hydrogen-bond donors (Lipinski definition) is 3. The van der Waals surface area contributed by atoms with Gasteiger partial charge in [-0.05, 0) is 74.9 Å². The molecule has 3 amide bonds. The highest BCUT2D eigenvalue weighted by Gasteiger charge is 2.36. The number of thioether (sulfide) groups is 1. The third kappa shape index (κ3) is 9.22. The molecule has 0 fully saturated rings. The third-order valence-electron chi connectivity index (χ3n) is 5.65. The molecule has 0 bridgehead atoms. The van der Waals surface area contributed by atoms with Crippen molar-refractivity contribution in [1.29, 1.82) is 0 Å². The second-order valence-corrected chi connectivity index (χ2v) is 10.8. The highest BCUT2D eigenvalue weighted by atomic mass is 32.2. The zero-order valence-corrected chi connectivity index (χ0v) is 23.6. The van der Waals surface area contributed by atoms with E-state index in [9.17, 15) is 19.5 Å². The lowest BCUT2D eigenvalue weighted by Crippen LogP contribution is -2.53. The Kier molecular flexibility index (Phi) is 11.9. The molecule has 0 aliphatic rings. The topological polar surface area (TPSA) is 108 Å². The van der Waals surface area contributed by atoms with Crippen LogP contribution in [-0.2, 0) is 14.3 Å². The van der Waals surface area contributed by atoms with Gasteiger partial charge in [0.2, 0.25) is 5.91 Å². The number of carbonyl (C=O) groups excluding carboxylic acids is 3. The molecule has 2 atom stereocenters. The van der Waals surface area contributed by atoms with Crippen LogP contribution in [0.1, 0.15) is 49.9 Å². The molecule has 0 radical (unpaired) electrons. The fourth-order valence-electron chi connectivity index (χ4n) is 3.86. The Morgan fingerprint density at radius 3 is 2.47 bits per heavy atom. The smallest absolute Gasteiger partial charge is 0.408 e. The number of aryl methyl sites for hydroxylation is 1. The van der Waals surface area contributed by atoms with Gasteiger partial charge >= 0.3 is 6.09 Å². The van der Waals surface area contributed by atoms with E-state index < -0.39 is 35.6 Å². The summed E-state index contributed by atoms with van der Waals surface area (Å²) in [4.78, 5) is 41.7. The minimum Gasteiger partial charge on any atom is -0.444 e. The number of para-hydroxylation sites is 1. The third-order valence-corrected chi connectivity index (χ3v) is 6.29. The minimum absolute atomic E-state index is 0.116. The van der Waals surface area contributed by atoms with E-state index in [1.165, 1.54) is 16.7 Å². The highest BCUT2D eigenvalue weighted by Crippen LogP contribution is 2.27. The summed E-state index contributed by atoms with van der Waals surface area (Å²) in [6, 6.07) is 12.5. The molecule has 8 nitrogen and oxygen atoms in total. The quantitative estimate of drug-likeness (QED) is 0.357. The van der Waals surface area contributed by atoms with Crippen molar-refractivity contribution >= 4 is 41.4 Å². The molecule has 2 unspecified atom stereocenters. The summed E-state index contributed by atoms with van der Waals surface area (Å²) in [6.45, 7) is 10.4. The number of hydrogen-bond acceptors (Lipinski definition) is 6. The van der Waals surface area contributed by atoms with Crippen LogP contribution in [0.25, 0.3) is 6.08 Å². The molecule has 38 heavy (non-hydrogen) atoms. The van der Waals surface area contributed by atoms with Crippen molar-refractivity contribution in [1.82, 2.24) is 10.2 Å². The largest absolute Gasteiger partial charge is 0.444 e. The first-order chi connectivity index (χ1) is 18.0. The number of aliphatic hydroxyl groups is 1. The van der Waals surface area contributed by atoms with Crippen molar-refractivity contribution in [2.75, 3.05) is 30.5 Å². The maximum atomic E-state index is 14.0. The predicted molar refractivity (Wildman–Crippen MR) is 154 cm³/mol. The normalized spacial score (nSPS) is 12.7. The Bertz CT molecular complexity index is 1120. The molecule has 2 aromatic rings. The van der Waals surface area contributed by atoms with Gasteiger partial charge in [-0.15, -0.1) is 0 Å². The van der Waals surface area contributed by atoms with Crippen LogP contribution in [0.4, 0.5) is 10.5 Å². The molecule has 0 saturated carbocycles. The number of benzene rings is 2. The second-order valence-electron chi connectivity index (χ2n) is 9.82. The van der Waals surface area contributed by atoms with Gasteiger partial charge in [0, 0.05) is 12.2 Å². The number of nitrogens with one attached hydrogen (secondary N) is 2. The van der Waals surface area contributed by atoms with E-state index in [0.717, 1.165) is 11.1 Å². The van der Waals surface area contributed by atoms with Gasteiger partial charge in [-0.2, -0.15) is 11.8 Å². The molecule has 206 valence electrons. The van der Waals surface area contributed by atoms with Gasteiger partial charge in [0.15, 0.2) is 0 Å². The number of amides is 3. The van der Waals surface area contributed by atoms with Crippen LogP contribution >= 0.6 is 11.8 Å². The molecule has 0 aliphatic carbocycles. The van der Waals surface area contributed by atoms with E-state index in [0.29, 0.717) is 23.4 Å². The van der Waals surface area contributed by atoms with E-state index in [4.69, 9.17) is 4.74 Å². The van der Waals surface area contributed by atoms with Crippen LogP contribution < -0.4 is 10.6 Å². The van der Waals surface area contributed by atoms with E-state index in [1.807, 2.05) is 37.4 Å². The maximum Gasteiger partial charge on any atom is 0.408 e. The molecular weight excluding hydrogens is 502 g/mol. The van der Waals surface area contributed by atoms with Crippen molar-refractivity contribution in [2.45, 2.75) is 51.8 Å². The van der Waals surface area contributed by atoms with E-state index in [1.54, 1.807) is 51.1 Å². The first-order valence-electron chi connectivity index (χ1n) is 12.5. The van der Waals surface area contributed by atoms with Gasteiger partial charge in [0.25, 0.3) is 5.91 Å². The number of rotatable bonds is 12. The number of alkyl carbamates (subject to hydrolysis) is 1. The molecule has 0 heterocycles. The van der Waals surface area contributed by atoms with Crippen LogP contribution in [0.5, 0.6) is 0 Å². The minimum atomic E-state index is -1.08.